The average molecular weight is 215 g/mol. The predicted molar refractivity (Wildman–Crippen MR) is 58.6 cm³/mol. The van der Waals surface area contributed by atoms with Crippen LogP contribution in [0.4, 0.5) is 0 Å². The highest BCUT2D eigenvalue weighted by Crippen LogP contribution is 2.09. The summed E-state index contributed by atoms with van der Waals surface area (Å²) in [6.07, 6.45) is 3.41. The standard InChI is InChI=1S/C11H21NO3/c1-4-5-6-7-9(13)12-11(2,3)8-10(14)15/h4-8H2,1-3H3,(H,12,13)(H,14,15). The van der Waals surface area contributed by atoms with Gasteiger partial charge in [0.15, 0.2) is 0 Å². The second-order valence-corrected chi connectivity index (χ2v) is 4.46. The zero-order valence-electron chi connectivity index (χ0n) is 9.80. The van der Waals surface area contributed by atoms with Gasteiger partial charge in [-0.25, -0.2) is 0 Å². The molecule has 0 saturated heterocycles. The van der Waals surface area contributed by atoms with Crippen LogP contribution in [0.5, 0.6) is 0 Å². The molecule has 0 saturated carbocycles. The van der Waals surface area contributed by atoms with E-state index < -0.39 is 11.5 Å². The molecule has 0 aliphatic rings. The van der Waals surface area contributed by atoms with E-state index in [1.54, 1.807) is 13.8 Å². The van der Waals surface area contributed by atoms with E-state index in [9.17, 15) is 9.59 Å². The van der Waals surface area contributed by atoms with Crippen LogP contribution in [0.3, 0.4) is 0 Å². The van der Waals surface area contributed by atoms with Crippen LogP contribution in [0.1, 0.15) is 52.9 Å². The maximum Gasteiger partial charge on any atom is 0.305 e. The predicted octanol–water partition coefficient (Wildman–Crippen LogP) is 1.94. The van der Waals surface area contributed by atoms with E-state index in [-0.39, 0.29) is 12.3 Å². The Morgan fingerprint density at radius 1 is 1.27 bits per heavy atom. The Hall–Kier alpha value is -1.06. The Morgan fingerprint density at radius 2 is 1.87 bits per heavy atom. The van der Waals surface area contributed by atoms with E-state index in [0.29, 0.717) is 6.42 Å². The van der Waals surface area contributed by atoms with Crippen LogP contribution in [-0.4, -0.2) is 22.5 Å². The van der Waals surface area contributed by atoms with Gasteiger partial charge in [-0.3, -0.25) is 9.59 Å². The minimum Gasteiger partial charge on any atom is -0.481 e. The highest BCUT2D eigenvalue weighted by molar-refractivity contribution is 5.78. The number of carboxylic acids is 1. The summed E-state index contributed by atoms with van der Waals surface area (Å²) in [5.74, 6) is -0.955. The summed E-state index contributed by atoms with van der Waals surface area (Å²) in [5, 5.41) is 11.4. The van der Waals surface area contributed by atoms with Crippen LogP contribution in [0.2, 0.25) is 0 Å². The molecule has 0 radical (unpaired) electrons. The van der Waals surface area contributed by atoms with Crippen molar-refractivity contribution in [2.45, 2.75) is 58.4 Å². The highest BCUT2D eigenvalue weighted by atomic mass is 16.4. The van der Waals surface area contributed by atoms with E-state index in [1.807, 2.05) is 0 Å². The molecule has 0 atom stereocenters. The van der Waals surface area contributed by atoms with E-state index >= 15 is 0 Å². The fourth-order valence-electron chi connectivity index (χ4n) is 1.40. The molecule has 0 aromatic rings. The number of nitrogens with one attached hydrogen (secondary N) is 1. The summed E-state index contributed by atoms with van der Waals surface area (Å²) in [6, 6.07) is 0. The molecule has 0 rings (SSSR count). The Labute approximate surface area is 91.1 Å². The minimum absolute atomic E-state index is 0.0491. The second kappa shape index (κ2) is 6.43. The van der Waals surface area contributed by atoms with Gasteiger partial charge in [-0.05, 0) is 20.3 Å². The maximum atomic E-state index is 11.4. The van der Waals surface area contributed by atoms with Crippen molar-refractivity contribution in [3.63, 3.8) is 0 Å². The summed E-state index contributed by atoms with van der Waals surface area (Å²) in [6.45, 7) is 5.52. The third-order valence-electron chi connectivity index (χ3n) is 2.08. The van der Waals surface area contributed by atoms with Crippen LogP contribution >= 0.6 is 0 Å². The molecule has 15 heavy (non-hydrogen) atoms. The van der Waals surface area contributed by atoms with Gasteiger partial charge in [0.05, 0.1) is 6.42 Å². The van der Waals surface area contributed by atoms with Crippen LogP contribution in [-0.2, 0) is 9.59 Å². The lowest BCUT2D eigenvalue weighted by Crippen LogP contribution is -2.44. The number of hydrogen-bond donors (Lipinski definition) is 2. The van der Waals surface area contributed by atoms with Gasteiger partial charge in [-0.1, -0.05) is 19.8 Å². The second-order valence-electron chi connectivity index (χ2n) is 4.46. The number of carbonyl (C=O) groups is 2. The van der Waals surface area contributed by atoms with Gasteiger partial charge >= 0.3 is 5.97 Å². The molecular weight excluding hydrogens is 194 g/mol. The van der Waals surface area contributed by atoms with Gasteiger partial charge < -0.3 is 10.4 Å². The largest absolute Gasteiger partial charge is 0.481 e. The lowest BCUT2D eigenvalue weighted by Gasteiger charge is -2.24. The lowest BCUT2D eigenvalue weighted by molar-refractivity contribution is -0.138. The highest BCUT2D eigenvalue weighted by Gasteiger charge is 2.23. The van der Waals surface area contributed by atoms with Gasteiger partial charge in [0.2, 0.25) is 5.91 Å². The van der Waals surface area contributed by atoms with Crippen molar-refractivity contribution in [2.24, 2.45) is 0 Å². The third-order valence-corrected chi connectivity index (χ3v) is 2.08. The molecule has 0 aliphatic heterocycles. The normalized spacial score (nSPS) is 11.1. The molecule has 88 valence electrons. The molecule has 0 bridgehead atoms. The molecule has 0 spiro atoms. The first-order valence-electron chi connectivity index (χ1n) is 5.40. The molecule has 1 amide bonds. The number of carboxylic acid groups (broad SMARTS) is 1. The summed E-state index contributed by atoms with van der Waals surface area (Å²) < 4.78 is 0. The van der Waals surface area contributed by atoms with Gasteiger partial charge in [0, 0.05) is 12.0 Å². The number of unbranched alkanes of at least 4 members (excludes halogenated alkanes) is 2. The molecule has 0 heterocycles. The molecule has 0 aromatic carbocycles. The quantitative estimate of drug-likeness (QED) is 0.638. The van der Waals surface area contributed by atoms with Crippen molar-refractivity contribution in [3.8, 4) is 0 Å². The van der Waals surface area contributed by atoms with E-state index in [0.717, 1.165) is 19.3 Å². The minimum atomic E-state index is -0.895. The molecule has 0 aliphatic carbocycles. The van der Waals surface area contributed by atoms with Crippen molar-refractivity contribution in [3.05, 3.63) is 0 Å². The smallest absolute Gasteiger partial charge is 0.305 e. The third kappa shape index (κ3) is 7.97. The molecule has 0 fully saturated rings. The van der Waals surface area contributed by atoms with Crippen LogP contribution in [0.15, 0.2) is 0 Å². The van der Waals surface area contributed by atoms with Crippen LogP contribution < -0.4 is 5.32 Å². The first-order valence-corrected chi connectivity index (χ1v) is 5.40. The number of carbonyl (C=O) groups excluding carboxylic acids is 1. The van der Waals surface area contributed by atoms with Crippen molar-refractivity contribution in [2.75, 3.05) is 0 Å². The fourth-order valence-corrected chi connectivity index (χ4v) is 1.40. The van der Waals surface area contributed by atoms with Gasteiger partial charge in [0.25, 0.3) is 0 Å². The fraction of sp³-hybridized carbons (Fsp3) is 0.818. The molecule has 2 N–H and O–H groups in total. The average Bonchev–Trinajstić information content (AvgIpc) is 2.00. The first-order chi connectivity index (χ1) is 6.87. The zero-order chi connectivity index (χ0) is 11.9. The van der Waals surface area contributed by atoms with E-state index in [2.05, 4.69) is 12.2 Å². The number of rotatable bonds is 7. The Kier molecular flexibility index (Phi) is 5.97. The summed E-state index contributed by atoms with van der Waals surface area (Å²) in [5.41, 5.74) is -0.658. The number of amides is 1. The first kappa shape index (κ1) is 13.9. The van der Waals surface area contributed by atoms with E-state index in [1.165, 1.54) is 0 Å². The van der Waals surface area contributed by atoms with Crippen molar-refractivity contribution in [1.82, 2.24) is 5.32 Å². The van der Waals surface area contributed by atoms with Crippen LogP contribution in [0.25, 0.3) is 0 Å². The maximum absolute atomic E-state index is 11.4. The molecule has 0 aromatic heterocycles. The molecule has 4 heteroatoms. The van der Waals surface area contributed by atoms with Crippen molar-refractivity contribution < 1.29 is 14.7 Å². The van der Waals surface area contributed by atoms with Crippen molar-refractivity contribution >= 4 is 11.9 Å². The number of hydrogen-bond acceptors (Lipinski definition) is 2. The summed E-state index contributed by atoms with van der Waals surface area (Å²) in [4.78, 5) is 21.9. The molecule has 0 unspecified atom stereocenters. The SMILES string of the molecule is CCCCCC(=O)NC(C)(C)CC(=O)O. The van der Waals surface area contributed by atoms with Gasteiger partial charge in [-0.15, -0.1) is 0 Å². The zero-order valence-corrected chi connectivity index (χ0v) is 9.80. The van der Waals surface area contributed by atoms with Gasteiger partial charge in [-0.2, -0.15) is 0 Å². The Morgan fingerprint density at radius 3 is 2.33 bits per heavy atom. The van der Waals surface area contributed by atoms with Crippen molar-refractivity contribution in [1.29, 1.82) is 0 Å². The summed E-state index contributed by atoms with van der Waals surface area (Å²) in [7, 11) is 0. The van der Waals surface area contributed by atoms with E-state index in [4.69, 9.17) is 5.11 Å². The Bertz CT molecular complexity index is 224. The summed E-state index contributed by atoms with van der Waals surface area (Å²) >= 11 is 0. The number of aliphatic carboxylic acids is 1. The Balaban J connectivity index is 3.88. The molecular formula is C11H21NO3. The topological polar surface area (TPSA) is 66.4 Å². The van der Waals surface area contributed by atoms with Crippen LogP contribution in [0, 0.1) is 0 Å². The monoisotopic (exact) mass is 215 g/mol. The van der Waals surface area contributed by atoms with Gasteiger partial charge in [0.1, 0.15) is 0 Å². The lowest BCUT2D eigenvalue weighted by atomic mass is 10.0. The molecule has 4 nitrogen and oxygen atoms in total.